The lowest BCUT2D eigenvalue weighted by molar-refractivity contribution is 0.395. The van der Waals surface area contributed by atoms with Gasteiger partial charge in [0.05, 0.1) is 22.8 Å². The monoisotopic (exact) mass is 204 g/mol. The van der Waals surface area contributed by atoms with Crippen LogP contribution in [-0.4, -0.2) is 21.5 Å². The Morgan fingerprint density at radius 1 is 1.47 bits per heavy atom. The Kier molecular flexibility index (Phi) is 2.44. The van der Waals surface area contributed by atoms with E-state index in [1.54, 1.807) is 12.4 Å². The molecule has 2 N–H and O–H groups in total. The molecule has 0 atom stereocenters. The molecule has 80 valence electrons. The molecule has 0 fully saturated rings. The molecule has 2 aromatic heterocycles. The fourth-order valence-corrected chi connectivity index (χ4v) is 1.68. The van der Waals surface area contributed by atoms with E-state index in [0.29, 0.717) is 0 Å². The minimum Gasteiger partial charge on any atom is -0.339 e. The third-order valence-corrected chi connectivity index (χ3v) is 2.49. The Morgan fingerprint density at radius 2 is 2.27 bits per heavy atom. The van der Waals surface area contributed by atoms with Crippen LogP contribution >= 0.6 is 0 Å². The predicted molar refractivity (Wildman–Crippen MR) is 60.6 cm³/mol. The maximum atomic E-state index is 4.54. The number of nitrogens with one attached hydrogen (secondary N) is 2. The van der Waals surface area contributed by atoms with Crippen LogP contribution in [0.1, 0.15) is 26.6 Å². The van der Waals surface area contributed by atoms with E-state index in [-0.39, 0.29) is 5.54 Å². The molecule has 2 aromatic rings. The van der Waals surface area contributed by atoms with Crippen molar-refractivity contribution >= 4 is 11.0 Å². The summed E-state index contributed by atoms with van der Waals surface area (Å²) in [6.45, 7) is 7.23. The highest BCUT2D eigenvalue weighted by molar-refractivity contribution is 5.73. The van der Waals surface area contributed by atoms with Crippen LogP contribution in [0.5, 0.6) is 0 Å². The molecule has 2 heterocycles. The van der Waals surface area contributed by atoms with Crippen molar-refractivity contribution in [2.24, 2.45) is 0 Å². The van der Waals surface area contributed by atoms with Gasteiger partial charge in [0, 0.05) is 6.20 Å². The van der Waals surface area contributed by atoms with Gasteiger partial charge in [0.1, 0.15) is 5.82 Å². The van der Waals surface area contributed by atoms with Crippen molar-refractivity contribution < 1.29 is 0 Å². The summed E-state index contributed by atoms with van der Waals surface area (Å²) in [5.41, 5.74) is 1.82. The standard InChI is InChI=1S/C11H16N4/c1-4-13-11(2,3)10-14-8-5-6-12-7-9(8)15-10/h5-7,13H,4H2,1-3H3,(H,14,15). The molecule has 0 saturated heterocycles. The number of imidazole rings is 1. The minimum atomic E-state index is -0.131. The first kappa shape index (κ1) is 10.1. The SMILES string of the molecule is CCNC(C)(C)c1nc2ccncc2[nH]1. The van der Waals surface area contributed by atoms with Gasteiger partial charge in [-0.1, -0.05) is 6.92 Å². The van der Waals surface area contributed by atoms with E-state index in [4.69, 9.17) is 0 Å². The van der Waals surface area contributed by atoms with Crippen LogP contribution in [0.15, 0.2) is 18.5 Å². The summed E-state index contributed by atoms with van der Waals surface area (Å²) >= 11 is 0. The normalized spacial score (nSPS) is 12.2. The number of hydrogen-bond acceptors (Lipinski definition) is 3. The fourth-order valence-electron chi connectivity index (χ4n) is 1.68. The van der Waals surface area contributed by atoms with E-state index in [9.17, 15) is 0 Å². The molecule has 0 unspecified atom stereocenters. The summed E-state index contributed by atoms with van der Waals surface area (Å²) in [6.07, 6.45) is 3.56. The van der Waals surface area contributed by atoms with E-state index < -0.39 is 0 Å². The first-order valence-electron chi connectivity index (χ1n) is 5.18. The number of nitrogens with zero attached hydrogens (tertiary/aromatic N) is 2. The maximum Gasteiger partial charge on any atom is 0.127 e. The van der Waals surface area contributed by atoms with Gasteiger partial charge in [0.15, 0.2) is 0 Å². The van der Waals surface area contributed by atoms with Crippen molar-refractivity contribution in [3.63, 3.8) is 0 Å². The topological polar surface area (TPSA) is 53.6 Å². The van der Waals surface area contributed by atoms with Gasteiger partial charge in [0.2, 0.25) is 0 Å². The Hall–Kier alpha value is -1.42. The lowest BCUT2D eigenvalue weighted by Gasteiger charge is -2.22. The van der Waals surface area contributed by atoms with E-state index in [1.165, 1.54) is 0 Å². The highest BCUT2D eigenvalue weighted by Crippen LogP contribution is 2.19. The zero-order chi connectivity index (χ0) is 10.9. The molecule has 0 amide bonds. The summed E-state index contributed by atoms with van der Waals surface area (Å²) in [5.74, 6) is 0.951. The third kappa shape index (κ3) is 1.85. The Bertz CT molecular complexity index is 425. The zero-order valence-corrected chi connectivity index (χ0v) is 9.33. The number of fused-ring (bicyclic) bond motifs is 1. The van der Waals surface area contributed by atoms with Gasteiger partial charge in [-0.05, 0) is 26.5 Å². The molecule has 4 heteroatoms. The van der Waals surface area contributed by atoms with E-state index in [2.05, 4.69) is 41.0 Å². The number of hydrogen-bond donors (Lipinski definition) is 2. The Morgan fingerprint density at radius 3 is 2.93 bits per heavy atom. The van der Waals surface area contributed by atoms with Crippen molar-refractivity contribution in [1.82, 2.24) is 20.3 Å². The highest BCUT2D eigenvalue weighted by Gasteiger charge is 2.22. The van der Waals surface area contributed by atoms with Crippen LogP contribution in [0, 0.1) is 0 Å². The molecule has 0 aliphatic rings. The van der Waals surface area contributed by atoms with E-state index >= 15 is 0 Å². The van der Waals surface area contributed by atoms with Crippen LogP contribution in [-0.2, 0) is 5.54 Å². The summed E-state index contributed by atoms with van der Waals surface area (Å²) in [4.78, 5) is 11.9. The average molecular weight is 204 g/mol. The second-order valence-corrected chi connectivity index (χ2v) is 4.13. The number of rotatable bonds is 3. The molecular formula is C11H16N4. The second-order valence-electron chi connectivity index (χ2n) is 4.13. The van der Waals surface area contributed by atoms with E-state index in [1.807, 2.05) is 6.07 Å². The van der Waals surface area contributed by atoms with Gasteiger partial charge in [-0.15, -0.1) is 0 Å². The van der Waals surface area contributed by atoms with Crippen molar-refractivity contribution in [3.05, 3.63) is 24.3 Å². The lowest BCUT2D eigenvalue weighted by atomic mass is 10.1. The molecule has 0 bridgehead atoms. The molecule has 2 rings (SSSR count). The van der Waals surface area contributed by atoms with Gasteiger partial charge in [0.25, 0.3) is 0 Å². The van der Waals surface area contributed by atoms with Gasteiger partial charge < -0.3 is 10.3 Å². The molecule has 0 spiro atoms. The van der Waals surface area contributed by atoms with Crippen molar-refractivity contribution in [2.75, 3.05) is 6.54 Å². The van der Waals surface area contributed by atoms with Crippen LogP contribution < -0.4 is 5.32 Å². The summed E-state index contributed by atoms with van der Waals surface area (Å²) < 4.78 is 0. The fraction of sp³-hybridized carbons (Fsp3) is 0.455. The molecule has 4 nitrogen and oxygen atoms in total. The molecule has 0 aromatic carbocycles. The van der Waals surface area contributed by atoms with Crippen LogP contribution in [0.3, 0.4) is 0 Å². The van der Waals surface area contributed by atoms with Gasteiger partial charge in [-0.3, -0.25) is 4.98 Å². The number of pyridine rings is 1. The number of aromatic amines is 1. The van der Waals surface area contributed by atoms with E-state index in [0.717, 1.165) is 23.4 Å². The van der Waals surface area contributed by atoms with Crippen molar-refractivity contribution in [2.45, 2.75) is 26.3 Å². The molecular weight excluding hydrogens is 188 g/mol. The Balaban J connectivity index is 2.44. The largest absolute Gasteiger partial charge is 0.339 e. The Labute approximate surface area is 89.1 Å². The predicted octanol–water partition coefficient (Wildman–Crippen LogP) is 1.80. The van der Waals surface area contributed by atoms with Gasteiger partial charge in [-0.2, -0.15) is 0 Å². The minimum absolute atomic E-state index is 0.131. The first-order valence-corrected chi connectivity index (χ1v) is 5.18. The summed E-state index contributed by atoms with van der Waals surface area (Å²) in [5, 5.41) is 3.38. The average Bonchev–Trinajstić information content (AvgIpc) is 2.61. The smallest absolute Gasteiger partial charge is 0.127 e. The van der Waals surface area contributed by atoms with Gasteiger partial charge in [-0.25, -0.2) is 4.98 Å². The lowest BCUT2D eigenvalue weighted by Crippen LogP contribution is -2.37. The van der Waals surface area contributed by atoms with Crippen LogP contribution in [0.25, 0.3) is 11.0 Å². The third-order valence-electron chi connectivity index (χ3n) is 2.49. The second kappa shape index (κ2) is 3.62. The first-order chi connectivity index (χ1) is 7.13. The van der Waals surface area contributed by atoms with Crippen molar-refractivity contribution in [1.29, 1.82) is 0 Å². The number of H-pyrrole nitrogens is 1. The number of aromatic nitrogens is 3. The van der Waals surface area contributed by atoms with Gasteiger partial charge >= 0.3 is 0 Å². The summed E-state index contributed by atoms with van der Waals surface area (Å²) in [6, 6.07) is 1.91. The maximum absolute atomic E-state index is 4.54. The highest BCUT2D eigenvalue weighted by atomic mass is 15.1. The molecule has 0 saturated carbocycles. The van der Waals surface area contributed by atoms with Crippen LogP contribution in [0.4, 0.5) is 0 Å². The molecule has 0 radical (unpaired) electrons. The van der Waals surface area contributed by atoms with Crippen molar-refractivity contribution in [3.8, 4) is 0 Å². The summed E-state index contributed by atoms with van der Waals surface area (Å²) in [7, 11) is 0. The molecule has 0 aliphatic heterocycles. The van der Waals surface area contributed by atoms with Crippen LogP contribution in [0.2, 0.25) is 0 Å². The quantitative estimate of drug-likeness (QED) is 0.801. The zero-order valence-electron chi connectivity index (χ0n) is 9.33. The molecule has 0 aliphatic carbocycles. The molecule has 15 heavy (non-hydrogen) atoms.